The maximum absolute atomic E-state index is 13.0. The van der Waals surface area contributed by atoms with Gasteiger partial charge in [-0.1, -0.05) is 47.6 Å². The normalized spacial score (nSPS) is 11.7. The van der Waals surface area contributed by atoms with Crippen LogP contribution in [0.5, 0.6) is 0 Å². The molecule has 2 heterocycles. The summed E-state index contributed by atoms with van der Waals surface area (Å²) in [5.41, 5.74) is 1.47. The van der Waals surface area contributed by atoms with Crippen molar-refractivity contribution in [1.29, 1.82) is 0 Å². The van der Waals surface area contributed by atoms with E-state index in [1.807, 2.05) is 30.3 Å². The molecule has 9 heteroatoms. The fourth-order valence-corrected chi connectivity index (χ4v) is 5.25. The van der Waals surface area contributed by atoms with Crippen molar-refractivity contribution in [3.63, 3.8) is 0 Å². The molecular formula is C20H16FN3O3S2. The second-order valence-electron chi connectivity index (χ2n) is 6.27. The fraction of sp³-hybridized carbons (Fsp3) is 0.100. The summed E-state index contributed by atoms with van der Waals surface area (Å²) in [6, 6.07) is 16.5. The Labute approximate surface area is 171 Å². The molecule has 0 unspecified atom stereocenters. The standard InChI is InChI=1S/C20H16FN3O3S2/c1-13-18(29(25,26)22-12-14-7-9-16(21)10-8-14)11-17(28-13)20-23-19(24-27-20)15-5-3-2-4-6-15/h2-11,22H,12H2,1H3. The first kappa shape index (κ1) is 19.4. The lowest BCUT2D eigenvalue weighted by Crippen LogP contribution is -2.23. The van der Waals surface area contributed by atoms with Gasteiger partial charge < -0.3 is 4.52 Å². The lowest BCUT2D eigenvalue weighted by Gasteiger charge is -2.06. The van der Waals surface area contributed by atoms with E-state index in [1.54, 1.807) is 6.92 Å². The van der Waals surface area contributed by atoms with E-state index in [2.05, 4.69) is 14.9 Å². The number of thiophene rings is 1. The number of hydrogen-bond donors (Lipinski definition) is 1. The molecule has 29 heavy (non-hydrogen) atoms. The number of nitrogens with zero attached hydrogens (tertiary/aromatic N) is 2. The van der Waals surface area contributed by atoms with Gasteiger partial charge in [-0.2, -0.15) is 4.98 Å². The van der Waals surface area contributed by atoms with Crippen molar-refractivity contribution in [2.45, 2.75) is 18.4 Å². The van der Waals surface area contributed by atoms with E-state index in [1.165, 1.54) is 41.7 Å². The first-order valence-corrected chi connectivity index (χ1v) is 11.0. The first-order chi connectivity index (χ1) is 13.9. The molecule has 0 saturated carbocycles. The van der Waals surface area contributed by atoms with Crippen molar-refractivity contribution in [1.82, 2.24) is 14.9 Å². The summed E-state index contributed by atoms with van der Waals surface area (Å²) in [6.45, 7) is 1.78. The maximum Gasteiger partial charge on any atom is 0.268 e. The second-order valence-corrected chi connectivity index (χ2v) is 9.26. The van der Waals surface area contributed by atoms with Crippen molar-refractivity contribution in [3.8, 4) is 22.2 Å². The molecular weight excluding hydrogens is 413 g/mol. The molecule has 1 N–H and O–H groups in total. The molecule has 0 bridgehead atoms. The van der Waals surface area contributed by atoms with Crippen molar-refractivity contribution in [2.24, 2.45) is 0 Å². The number of aryl methyl sites for hydroxylation is 1. The van der Waals surface area contributed by atoms with E-state index in [0.29, 0.717) is 21.1 Å². The predicted molar refractivity (Wildman–Crippen MR) is 108 cm³/mol. The summed E-state index contributed by atoms with van der Waals surface area (Å²) < 4.78 is 46.3. The van der Waals surface area contributed by atoms with Crippen molar-refractivity contribution < 1.29 is 17.3 Å². The Morgan fingerprint density at radius 2 is 1.83 bits per heavy atom. The molecule has 0 aliphatic carbocycles. The van der Waals surface area contributed by atoms with E-state index < -0.39 is 10.0 Å². The van der Waals surface area contributed by atoms with Gasteiger partial charge in [0.1, 0.15) is 5.82 Å². The quantitative estimate of drug-likeness (QED) is 0.491. The molecule has 2 aromatic carbocycles. The molecule has 2 aromatic heterocycles. The number of aromatic nitrogens is 2. The summed E-state index contributed by atoms with van der Waals surface area (Å²) in [5, 5.41) is 3.97. The van der Waals surface area contributed by atoms with E-state index in [9.17, 15) is 12.8 Å². The lowest BCUT2D eigenvalue weighted by molar-refractivity contribution is 0.433. The Morgan fingerprint density at radius 1 is 1.10 bits per heavy atom. The van der Waals surface area contributed by atoms with E-state index in [-0.39, 0.29) is 23.1 Å². The van der Waals surface area contributed by atoms with Crippen LogP contribution in [0, 0.1) is 12.7 Å². The van der Waals surface area contributed by atoms with Crippen molar-refractivity contribution in [2.75, 3.05) is 0 Å². The van der Waals surface area contributed by atoms with Gasteiger partial charge in [-0.05, 0) is 30.7 Å². The average Bonchev–Trinajstić information content (AvgIpc) is 3.35. The highest BCUT2D eigenvalue weighted by Gasteiger charge is 2.22. The lowest BCUT2D eigenvalue weighted by atomic mass is 10.2. The third-order valence-electron chi connectivity index (χ3n) is 4.21. The van der Waals surface area contributed by atoms with Gasteiger partial charge >= 0.3 is 0 Å². The van der Waals surface area contributed by atoms with Gasteiger partial charge in [0, 0.05) is 17.0 Å². The number of hydrogen-bond acceptors (Lipinski definition) is 6. The number of benzene rings is 2. The molecule has 4 rings (SSSR count). The molecule has 0 radical (unpaired) electrons. The summed E-state index contributed by atoms with van der Waals surface area (Å²) in [7, 11) is -3.75. The zero-order valence-corrected chi connectivity index (χ0v) is 16.9. The number of nitrogens with one attached hydrogen (secondary N) is 1. The summed E-state index contributed by atoms with van der Waals surface area (Å²) in [4.78, 5) is 5.69. The van der Waals surface area contributed by atoms with Gasteiger partial charge in [-0.25, -0.2) is 17.5 Å². The van der Waals surface area contributed by atoms with Gasteiger partial charge in [0.2, 0.25) is 15.8 Å². The maximum atomic E-state index is 13.0. The van der Waals surface area contributed by atoms with Crippen LogP contribution in [0.1, 0.15) is 10.4 Å². The van der Waals surface area contributed by atoms with Crippen molar-refractivity contribution >= 4 is 21.4 Å². The second kappa shape index (κ2) is 7.86. The molecule has 0 saturated heterocycles. The average molecular weight is 429 g/mol. The Hall–Kier alpha value is -2.88. The van der Waals surface area contributed by atoms with Gasteiger partial charge in [-0.3, -0.25) is 0 Å². The highest BCUT2D eigenvalue weighted by atomic mass is 32.2. The number of sulfonamides is 1. The van der Waals surface area contributed by atoms with Crippen LogP contribution in [0.25, 0.3) is 22.2 Å². The van der Waals surface area contributed by atoms with E-state index in [4.69, 9.17) is 4.52 Å². The minimum Gasteiger partial charge on any atom is -0.333 e. The van der Waals surface area contributed by atoms with Crippen LogP contribution in [-0.2, 0) is 16.6 Å². The molecule has 0 amide bonds. The minimum atomic E-state index is -3.75. The largest absolute Gasteiger partial charge is 0.333 e. The fourth-order valence-electron chi connectivity index (χ4n) is 2.72. The SMILES string of the molecule is Cc1sc(-c2nc(-c3ccccc3)no2)cc1S(=O)(=O)NCc1ccc(F)cc1. The van der Waals surface area contributed by atoms with Crippen LogP contribution >= 0.6 is 11.3 Å². The highest BCUT2D eigenvalue weighted by Crippen LogP contribution is 2.33. The third-order valence-corrected chi connectivity index (χ3v) is 6.91. The van der Waals surface area contributed by atoms with Gasteiger partial charge in [-0.15, -0.1) is 11.3 Å². The Balaban J connectivity index is 1.56. The van der Waals surface area contributed by atoms with Crippen LogP contribution in [0.3, 0.4) is 0 Å². The zero-order valence-electron chi connectivity index (χ0n) is 15.3. The summed E-state index contributed by atoms with van der Waals surface area (Å²) >= 11 is 1.26. The molecule has 148 valence electrons. The smallest absolute Gasteiger partial charge is 0.268 e. The van der Waals surface area contributed by atoms with Crippen molar-refractivity contribution in [3.05, 3.63) is 76.9 Å². The molecule has 6 nitrogen and oxygen atoms in total. The van der Waals surface area contributed by atoms with Crippen LogP contribution < -0.4 is 4.72 Å². The van der Waals surface area contributed by atoms with E-state index in [0.717, 1.165) is 5.56 Å². The molecule has 0 aliphatic heterocycles. The topological polar surface area (TPSA) is 85.1 Å². The van der Waals surface area contributed by atoms with Crippen LogP contribution in [0.2, 0.25) is 0 Å². The summed E-state index contributed by atoms with van der Waals surface area (Å²) in [6.07, 6.45) is 0. The Morgan fingerprint density at radius 3 is 2.55 bits per heavy atom. The highest BCUT2D eigenvalue weighted by molar-refractivity contribution is 7.89. The molecule has 4 aromatic rings. The van der Waals surface area contributed by atoms with Gasteiger partial charge in [0.25, 0.3) is 5.89 Å². The molecule has 0 fully saturated rings. The Bertz CT molecular complexity index is 1230. The van der Waals surface area contributed by atoms with Crippen LogP contribution in [-0.4, -0.2) is 18.6 Å². The molecule has 0 spiro atoms. The van der Waals surface area contributed by atoms with Crippen LogP contribution in [0.15, 0.2) is 70.1 Å². The van der Waals surface area contributed by atoms with Crippen LogP contribution in [0.4, 0.5) is 4.39 Å². The predicted octanol–water partition coefficient (Wildman–Crippen LogP) is 4.39. The minimum absolute atomic E-state index is 0.0615. The first-order valence-electron chi connectivity index (χ1n) is 8.66. The van der Waals surface area contributed by atoms with Gasteiger partial charge in [0.15, 0.2) is 0 Å². The molecule has 0 atom stereocenters. The Kier molecular flexibility index (Phi) is 5.27. The number of rotatable bonds is 6. The third kappa shape index (κ3) is 4.26. The van der Waals surface area contributed by atoms with E-state index >= 15 is 0 Å². The number of halogens is 1. The zero-order chi connectivity index (χ0) is 20.4. The monoisotopic (exact) mass is 429 g/mol. The molecule has 0 aliphatic rings. The summed E-state index contributed by atoms with van der Waals surface area (Å²) in [5.74, 6) is 0.326. The van der Waals surface area contributed by atoms with Gasteiger partial charge in [0.05, 0.1) is 9.77 Å².